The van der Waals surface area contributed by atoms with Gasteiger partial charge in [-0.15, -0.1) is 0 Å². The van der Waals surface area contributed by atoms with Gasteiger partial charge in [0.2, 0.25) is 0 Å². The molecule has 0 saturated heterocycles. The van der Waals surface area contributed by atoms with Crippen molar-refractivity contribution in [1.29, 1.82) is 0 Å². The molecule has 1 fully saturated rings. The zero-order valence-corrected chi connectivity index (χ0v) is 11.5. The average molecular weight is 260 g/mol. The van der Waals surface area contributed by atoms with Gasteiger partial charge < -0.3 is 4.98 Å². The molecule has 18 heavy (non-hydrogen) atoms. The van der Waals surface area contributed by atoms with Crippen molar-refractivity contribution >= 4 is 22.8 Å². The van der Waals surface area contributed by atoms with Gasteiger partial charge in [0.25, 0.3) is 0 Å². The van der Waals surface area contributed by atoms with Crippen LogP contribution in [0.4, 0.5) is 0 Å². The van der Waals surface area contributed by atoms with E-state index >= 15 is 0 Å². The number of fused-ring (bicyclic) bond motifs is 1. The van der Waals surface area contributed by atoms with Crippen LogP contribution in [0.25, 0.3) is 11.0 Å². The number of aromatic nitrogens is 2. The summed E-state index contributed by atoms with van der Waals surface area (Å²) in [7, 11) is 0. The molecular weight excluding hydrogens is 240 g/mol. The van der Waals surface area contributed by atoms with Crippen molar-refractivity contribution in [3.63, 3.8) is 0 Å². The van der Waals surface area contributed by atoms with Gasteiger partial charge in [0.15, 0.2) is 5.16 Å². The van der Waals surface area contributed by atoms with Crippen molar-refractivity contribution in [2.75, 3.05) is 5.75 Å². The topological polar surface area (TPSA) is 28.7 Å². The Morgan fingerprint density at radius 3 is 2.83 bits per heavy atom. The lowest BCUT2D eigenvalue weighted by Gasteiger charge is -2.20. The Hall–Kier alpha value is -0.960. The molecule has 0 aliphatic heterocycles. The molecule has 0 radical (unpaired) electrons. The van der Waals surface area contributed by atoms with E-state index in [0.717, 1.165) is 22.1 Å². The molecular formula is C15H20N2S. The Morgan fingerprint density at radius 1 is 1.17 bits per heavy atom. The number of hydrogen-bond donors (Lipinski definition) is 1. The first-order chi connectivity index (χ1) is 8.92. The molecule has 0 atom stereocenters. The van der Waals surface area contributed by atoms with E-state index in [1.54, 1.807) is 0 Å². The van der Waals surface area contributed by atoms with Crippen LogP contribution >= 0.6 is 11.8 Å². The van der Waals surface area contributed by atoms with Gasteiger partial charge in [-0.25, -0.2) is 4.98 Å². The Balaban J connectivity index is 1.53. The highest BCUT2D eigenvalue weighted by atomic mass is 32.2. The van der Waals surface area contributed by atoms with Crippen LogP contribution in [0, 0.1) is 5.92 Å². The summed E-state index contributed by atoms with van der Waals surface area (Å²) in [4.78, 5) is 7.99. The third-order valence-corrected chi connectivity index (χ3v) is 4.76. The molecule has 3 heteroatoms. The van der Waals surface area contributed by atoms with Crippen molar-refractivity contribution in [3.05, 3.63) is 24.3 Å². The van der Waals surface area contributed by atoms with Crippen LogP contribution in [0.5, 0.6) is 0 Å². The highest BCUT2D eigenvalue weighted by Gasteiger charge is 2.13. The van der Waals surface area contributed by atoms with Crippen molar-refractivity contribution < 1.29 is 0 Å². The smallest absolute Gasteiger partial charge is 0.166 e. The summed E-state index contributed by atoms with van der Waals surface area (Å²) in [6, 6.07) is 8.25. The third kappa shape index (κ3) is 2.89. The van der Waals surface area contributed by atoms with Crippen molar-refractivity contribution in [3.8, 4) is 0 Å². The second-order valence-corrected chi connectivity index (χ2v) is 6.28. The minimum atomic E-state index is 0.968. The van der Waals surface area contributed by atoms with Gasteiger partial charge in [-0.3, -0.25) is 0 Å². The lowest BCUT2D eigenvalue weighted by atomic mass is 9.88. The molecule has 3 rings (SSSR count). The number of benzene rings is 1. The monoisotopic (exact) mass is 260 g/mol. The fourth-order valence-corrected chi connectivity index (χ4v) is 3.79. The average Bonchev–Trinajstić information content (AvgIpc) is 2.82. The fraction of sp³-hybridized carbons (Fsp3) is 0.533. The number of para-hydroxylation sites is 2. The lowest BCUT2D eigenvalue weighted by molar-refractivity contribution is 0.351. The van der Waals surface area contributed by atoms with E-state index < -0.39 is 0 Å². The number of aromatic amines is 1. The number of nitrogens with zero attached hydrogens (tertiary/aromatic N) is 1. The van der Waals surface area contributed by atoms with Crippen LogP contribution in [0.1, 0.15) is 38.5 Å². The predicted molar refractivity (Wildman–Crippen MR) is 78.0 cm³/mol. The number of hydrogen-bond acceptors (Lipinski definition) is 2. The highest BCUT2D eigenvalue weighted by molar-refractivity contribution is 7.99. The summed E-state index contributed by atoms with van der Waals surface area (Å²) >= 11 is 1.87. The summed E-state index contributed by atoms with van der Waals surface area (Å²) < 4.78 is 0. The number of imidazole rings is 1. The van der Waals surface area contributed by atoms with E-state index in [9.17, 15) is 0 Å². The largest absolute Gasteiger partial charge is 0.333 e. The lowest BCUT2D eigenvalue weighted by Crippen LogP contribution is -2.06. The molecule has 1 aromatic heterocycles. The van der Waals surface area contributed by atoms with Crippen LogP contribution < -0.4 is 0 Å². The molecule has 0 spiro atoms. The highest BCUT2D eigenvalue weighted by Crippen LogP contribution is 2.29. The third-order valence-electron chi connectivity index (χ3n) is 3.86. The minimum Gasteiger partial charge on any atom is -0.333 e. The minimum absolute atomic E-state index is 0.968. The van der Waals surface area contributed by atoms with Gasteiger partial charge in [0.1, 0.15) is 0 Å². The zero-order valence-electron chi connectivity index (χ0n) is 10.7. The van der Waals surface area contributed by atoms with E-state index in [1.807, 2.05) is 17.8 Å². The molecule has 1 aliphatic carbocycles. The van der Waals surface area contributed by atoms with E-state index in [4.69, 9.17) is 0 Å². The molecule has 1 aliphatic rings. The summed E-state index contributed by atoms with van der Waals surface area (Å²) in [5.74, 6) is 2.17. The summed E-state index contributed by atoms with van der Waals surface area (Å²) in [5.41, 5.74) is 2.23. The standard InChI is InChI=1S/C15H20N2S/c1-2-6-12(7-3-1)10-11-18-15-16-13-8-4-5-9-14(13)17-15/h4-5,8-9,12H,1-3,6-7,10-11H2,(H,16,17). The zero-order chi connectivity index (χ0) is 12.2. The first-order valence-corrected chi connectivity index (χ1v) is 7.98. The molecule has 2 nitrogen and oxygen atoms in total. The molecule has 0 bridgehead atoms. The van der Waals surface area contributed by atoms with Crippen LogP contribution in [0.15, 0.2) is 29.4 Å². The predicted octanol–water partition coefficient (Wildman–Crippen LogP) is 4.63. The Labute approximate surface area is 113 Å². The second-order valence-electron chi connectivity index (χ2n) is 5.20. The normalized spacial score (nSPS) is 17.3. The molecule has 1 heterocycles. The molecule has 1 N–H and O–H groups in total. The molecule has 0 amide bonds. The number of rotatable bonds is 4. The van der Waals surface area contributed by atoms with E-state index in [0.29, 0.717) is 0 Å². The summed E-state index contributed by atoms with van der Waals surface area (Å²) in [6.45, 7) is 0. The maximum absolute atomic E-state index is 4.60. The quantitative estimate of drug-likeness (QED) is 0.812. The number of H-pyrrole nitrogens is 1. The summed E-state index contributed by atoms with van der Waals surface area (Å²) in [6.07, 6.45) is 8.58. The van der Waals surface area contributed by atoms with Gasteiger partial charge >= 0.3 is 0 Å². The first-order valence-electron chi connectivity index (χ1n) is 6.99. The maximum atomic E-state index is 4.60. The Kier molecular flexibility index (Phi) is 3.89. The van der Waals surface area contributed by atoms with Gasteiger partial charge in [0, 0.05) is 5.75 Å². The van der Waals surface area contributed by atoms with Crippen LogP contribution in [0.3, 0.4) is 0 Å². The Morgan fingerprint density at radius 2 is 2.00 bits per heavy atom. The van der Waals surface area contributed by atoms with Gasteiger partial charge in [-0.2, -0.15) is 0 Å². The van der Waals surface area contributed by atoms with Crippen molar-refractivity contribution in [1.82, 2.24) is 9.97 Å². The Bertz CT molecular complexity index is 467. The van der Waals surface area contributed by atoms with E-state index in [1.165, 1.54) is 44.3 Å². The molecule has 2 aromatic rings. The SMILES string of the molecule is c1ccc2[nH]c(SCCC3CCCCC3)nc2c1. The van der Waals surface area contributed by atoms with E-state index in [-0.39, 0.29) is 0 Å². The van der Waals surface area contributed by atoms with E-state index in [2.05, 4.69) is 28.2 Å². The summed E-state index contributed by atoms with van der Waals surface area (Å²) in [5, 5.41) is 1.08. The first kappa shape index (κ1) is 12.1. The fourth-order valence-electron chi connectivity index (χ4n) is 2.80. The van der Waals surface area contributed by atoms with Crippen LogP contribution in [0.2, 0.25) is 0 Å². The maximum Gasteiger partial charge on any atom is 0.166 e. The van der Waals surface area contributed by atoms with Gasteiger partial charge in [-0.1, -0.05) is 56.0 Å². The van der Waals surface area contributed by atoms with Crippen molar-refractivity contribution in [2.24, 2.45) is 5.92 Å². The number of thioether (sulfide) groups is 1. The van der Waals surface area contributed by atoms with Crippen LogP contribution in [-0.4, -0.2) is 15.7 Å². The van der Waals surface area contributed by atoms with Gasteiger partial charge in [-0.05, 0) is 24.5 Å². The molecule has 96 valence electrons. The molecule has 0 unspecified atom stereocenters. The van der Waals surface area contributed by atoms with Crippen molar-refractivity contribution in [2.45, 2.75) is 43.7 Å². The number of nitrogens with one attached hydrogen (secondary N) is 1. The molecule has 1 aromatic carbocycles. The van der Waals surface area contributed by atoms with Gasteiger partial charge in [0.05, 0.1) is 11.0 Å². The molecule has 1 saturated carbocycles. The van der Waals surface area contributed by atoms with Crippen LogP contribution in [-0.2, 0) is 0 Å². The second kappa shape index (κ2) is 5.79.